The SMILES string of the molecule is CCOP(=O)(O)COC[C@H]1O[C@@H](n2cnc3c(NC4CCCC4)cc(Cl)nc32)[C@H](OC(C)(C)O)[C@@H]1C. The van der Waals surface area contributed by atoms with Gasteiger partial charge in [0, 0.05) is 18.0 Å². The molecule has 1 saturated carbocycles. The van der Waals surface area contributed by atoms with Gasteiger partial charge in [-0.25, -0.2) is 9.97 Å². The zero-order valence-electron chi connectivity index (χ0n) is 21.1. The number of hydrogen-bond donors (Lipinski definition) is 3. The summed E-state index contributed by atoms with van der Waals surface area (Å²) in [6.07, 6.45) is 3.99. The maximum atomic E-state index is 12.0. The highest BCUT2D eigenvalue weighted by Crippen LogP contribution is 2.43. The Morgan fingerprint density at radius 3 is 2.75 bits per heavy atom. The van der Waals surface area contributed by atoms with Gasteiger partial charge in [0.15, 0.2) is 17.7 Å². The van der Waals surface area contributed by atoms with Crippen molar-refractivity contribution < 1.29 is 33.3 Å². The molecule has 202 valence electrons. The lowest BCUT2D eigenvalue weighted by Crippen LogP contribution is -2.37. The number of hydrogen-bond acceptors (Lipinski definition) is 9. The third-order valence-corrected chi connectivity index (χ3v) is 7.84. The van der Waals surface area contributed by atoms with Crippen molar-refractivity contribution in [2.24, 2.45) is 5.92 Å². The van der Waals surface area contributed by atoms with Crippen LogP contribution in [0.1, 0.15) is 59.6 Å². The maximum absolute atomic E-state index is 12.0. The van der Waals surface area contributed by atoms with Crippen molar-refractivity contribution in [3.8, 4) is 0 Å². The fourth-order valence-electron chi connectivity index (χ4n) is 4.85. The summed E-state index contributed by atoms with van der Waals surface area (Å²) in [5.74, 6) is -1.66. The lowest BCUT2D eigenvalue weighted by atomic mass is 10.0. The van der Waals surface area contributed by atoms with Crippen LogP contribution in [0.3, 0.4) is 0 Å². The predicted octanol–water partition coefficient (Wildman–Crippen LogP) is 4.28. The summed E-state index contributed by atoms with van der Waals surface area (Å²) >= 11 is 6.40. The van der Waals surface area contributed by atoms with E-state index >= 15 is 0 Å². The molecule has 1 aliphatic heterocycles. The first-order valence-corrected chi connectivity index (χ1v) is 14.5. The first-order chi connectivity index (χ1) is 17.0. The van der Waals surface area contributed by atoms with Crippen molar-refractivity contribution in [2.45, 2.75) is 83.6 Å². The molecule has 2 fully saturated rings. The molecule has 11 nitrogen and oxygen atoms in total. The quantitative estimate of drug-likeness (QED) is 0.213. The van der Waals surface area contributed by atoms with Gasteiger partial charge in [-0.3, -0.25) is 9.13 Å². The number of aliphatic hydroxyl groups is 1. The van der Waals surface area contributed by atoms with Gasteiger partial charge in [0.2, 0.25) is 0 Å². The second-order valence-corrected chi connectivity index (χ2v) is 12.1. The van der Waals surface area contributed by atoms with E-state index in [1.54, 1.807) is 37.7 Å². The third kappa shape index (κ3) is 6.57. The lowest BCUT2D eigenvalue weighted by molar-refractivity contribution is -0.227. The summed E-state index contributed by atoms with van der Waals surface area (Å²) in [6.45, 7) is 6.80. The molecule has 1 unspecified atom stereocenters. The third-order valence-electron chi connectivity index (χ3n) is 6.48. The van der Waals surface area contributed by atoms with Crippen molar-refractivity contribution in [3.05, 3.63) is 17.5 Å². The minimum absolute atomic E-state index is 0.0380. The van der Waals surface area contributed by atoms with Crippen molar-refractivity contribution >= 4 is 36.0 Å². The number of ether oxygens (including phenoxy) is 3. The van der Waals surface area contributed by atoms with Crippen LogP contribution in [-0.2, 0) is 23.3 Å². The monoisotopic (exact) mass is 546 g/mol. The van der Waals surface area contributed by atoms with E-state index in [1.165, 1.54) is 12.8 Å². The van der Waals surface area contributed by atoms with Crippen LogP contribution >= 0.6 is 19.2 Å². The molecule has 1 aliphatic carbocycles. The van der Waals surface area contributed by atoms with Crippen molar-refractivity contribution in [3.63, 3.8) is 0 Å². The molecule has 3 heterocycles. The number of halogens is 1. The highest BCUT2D eigenvalue weighted by Gasteiger charge is 2.46. The number of nitrogens with one attached hydrogen (secondary N) is 1. The summed E-state index contributed by atoms with van der Waals surface area (Å²) in [5.41, 5.74) is 2.01. The molecule has 13 heteroatoms. The fourth-order valence-corrected chi connectivity index (χ4v) is 5.85. The average Bonchev–Trinajstić information content (AvgIpc) is 3.49. The average molecular weight is 547 g/mol. The zero-order chi connectivity index (χ0) is 26.1. The van der Waals surface area contributed by atoms with E-state index in [-0.39, 0.29) is 19.1 Å². The number of anilines is 1. The topological polar surface area (TPSA) is 137 Å². The summed E-state index contributed by atoms with van der Waals surface area (Å²) < 4.78 is 36.4. The number of pyridine rings is 1. The maximum Gasteiger partial charge on any atom is 0.353 e. The Morgan fingerprint density at radius 2 is 2.08 bits per heavy atom. The summed E-state index contributed by atoms with van der Waals surface area (Å²) in [6, 6.07) is 2.15. The second-order valence-electron chi connectivity index (χ2n) is 9.95. The van der Waals surface area contributed by atoms with Crippen LogP contribution in [0.5, 0.6) is 0 Å². The Balaban J connectivity index is 1.59. The number of aromatic nitrogens is 3. The smallest absolute Gasteiger partial charge is 0.353 e. The summed E-state index contributed by atoms with van der Waals surface area (Å²) in [7, 11) is -3.83. The van der Waals surface area contributed by atoms with Gasteiger partial charge in [-0.05, 0) is 33.6 Å². The van der Waals surface area contributed by atoms with Gasteiger partial charge in [-0.15, -0.1) is 0 Å². The molecular weight excluding hydrogens is 511 g/mol. The van der Waals surface area contributed by atoms with Crippen molar-refractivity contribution in [2.75, 3.05) is 24.9 Å². The first kappa shape index (κ1) is 27.7. The highest BCUT2D eigenvalue weighted by molar-refractivity contribution is 7.52. The number of rotatable bonds is 11. The van der Waals surface area contributed by atoms with Crippen LogP contribution in [0.15, 0.2) is 12.4 Å². The minimum atomic E-state index is -3.83. The first-order valence-electron chi connectivity index (χ1n) is 12.4. The summed E-state index contributed by atoms with van der Waals surface area (Å²) in [4.78, 5) is 18.9. The largest absolute Gasteiger partial charge is 0.380 e. The standard InChI is InChI=1S/C23H36ClN4O7P/c1-5-33-36(30,31)13-32-11-17-14(2)20(35-23(3,4)29)22(34-17)28-12-25-19-16(10-18(24)27-21(19)28)26-15-8-6-7-9-15/h10,12,14-15,17,20,22,29H,5-9,11,13H2,1-4H3,(H,26,27)(H,30,31)/t14-,17-,20-,22-/m1/s1. The lowest BCUT2D eigenvalue weighted by Gasteiger charge is -2.29. The van der Waals surface area contributed by atoms with E-state index in [4.69, 9.17) is 30.3 Å². The van der Waals surface area contributed by atoms with E-state index in [0.717, 1.165) is 18.5 Å². The molecule has 2 aromatic rings. The molecule has 1 saturated heterocycles. The van der Waals surface area contributed by atoms with Gasteiger partial charge in [-0.2, -0.15) is 0 Å². The van der Waals surface area contributed by atoms with Gasteiger partial charge in [0.25, 0.3) is 0 Å². The Labute approximate surface area is 216 Å². The molecule has 0 amide bonds. The van der Waals surface area contributed by atoms with Crippen LogP contribution in [-0.4, -0.2) is 68.1 Å². The zero-order valence-corrected chi connectivity index (χ0v) is 22.7. The van der Waals surface area contributed by atoms with E-state index in [1.807, 2.05) is 6.92 Å². The molecule has 0 radical (unpaired) electrons. The Hall–Kier alpha value is -1.30. The predicted molar refractivity (Wildman–Crippen MR) is 135 cm³/mol. The van der Waals surface area contributed by atoms with Gasteiger partial charge < -0.3 is 34.1 Å². The Kier molecular flexibility index (Phi) is 8.63. The normalized spacial score (nSPS) is 27.1. The minimum Gasteiger partial charge on any atom is -0.380 e. The second kappa shape index (κ2) is 11.2. The van der Waals surface area contributed by atoms with Crippen molar-refractivity contribution in [1.29, 1.82) is 0 Å². The molecular formula is C23H36ClN4O7P. The van der Waals surface area contributed by atoms with Gasteiger partial charge in [-0.1, -0.05) is 31.4 Å². The van der Waals surface area contributed by atoms with Gasteiger partial charge in [0.1, 0.15) is 23.1 Å². The molecule has 5 atom stereocenters. The number of nitrogens with zero attached hydrogens (tertiary/aromatic N) is 3. The number of fused-ring (bicyclic) bond motifs is 1. The molecule has 3 N–H and O–H groups in total. The molecule has 4 rings (SSSR count). The van der Waals surface area contributed by atoms with E-state index in [0.29, 0.717) is 22.4 Å². The van der Waals surface area contributed by atoms with E-state index in [9.17, 15) is 14.6 Å². The number of imidazole rings is 1. The molecule has 0 bridgehead atoms. The van der Waals surface area contributed by atoms with Crippen LogP contribution < -0.4 is 5.32 Å². The highest BCUT2D eigenvalue weighted by atomic mass is 35.5. The molecule has 0 aromatic carbocycles. The van der Waals surface area contributed by atoms with Crippen LogP contribution in [0, 0.1) is 5.92 Å². The fraction of sp³-hybridized carbons (Fsp3) is 0.739. The van der Waals surface area contributed by atoms with E-state index < -0.39 is 38.2 Å². The van der Waals surface area contributed by atoms with Gasteiger partial charge in [0.05, 0.1) is 31.3 Å². The van der Waals surface area contributed by atoms with Gasteiger partial charge >= 0.3 is 7.60 Å². The molecule has 2 aromatic heterocycles. The van der Waals surface area contributed by atoms with Crippen LogP contribution in [0.4, 0.5) is 5.69 Å². The molecule has 36 heavy (non-hydrogen) atoms. The van der Waals surface area contributed by atoms with Crippen LogP contribution in [0.2, 0.25) is 5.15 Å². The Bertz CT molecular complexity index is 1090. The molecule has 2 aliphatic rings. The van der Waals surface area contributed by atoms with Crippen LogP contribution in [0.25, 0.3) is 11.2 Å². The van der Waals surface area contributed by atoms with Crippen molar-refractivity contribution in [1.82, 2.24) is 14.5 Å². The summed E-state index contributed by atoms with van der Waals surface area (Å²) in [5, 5.41) is 14.3. The Morgan fingerprint density at radius 1 is 1.36 bits per heavy atom. The van der Waals surface area contributed by atoms with E-state index in [2.05, 4.69) is 15.3 Å². The molecule has 0 spiro atoms.